The molecule has 1 aromatic carbocycles. The smallest absolute Gasteiger partial charge is 0.309 e. The van der Waals surface area contributed by atoms with E-state index in [1.54, 1.807) is 16.2 Å². The fourth-order valence-electron chi connectivity index (χ4n) is 3.18. The Labute approximate surface area is 127 Å². The van der Waals surface area contributed by atoms with E-state index in [4.69, 9.17) is 0 Å². The number of likely N-dealkylation sites (tertiary alicyclic amines) is 1. The molecule has 1 fully saturated rings. The number of amides is 1. The highest BCUT2D eigenvalue weighted by Gasteiger charge is 2.46. The Morgan fingerprint density at radius 2 is 2.10 bits per heavy atom. The molecule has 4 nitrogen and oxygen atoms in total. The molecule has 1 amide bonds. The molecule has 1 saturated heterocycles. The number of benzene rings is 1. The lowest BCUT2D eigenvalue weighted by atomic mass is 9.93. The third-order valence-corrected chi connectivity index (χ3v) is 5.05. The van der Waals surface area contributed by atoms with E-state index in [2.05, 4.69) is 0 Å². The second-order valence-corrected chi connectivity index (χ2v) is 6.59. The first-order valence-electron chi connectivity index (χ1n) is 7.00. The largest absolute Gasteiger partial charge is 0.481 e. The quantitative estimate of drug-likeness (QED) is 0.946. The SMILES string of the molecule is CC(C)N1C(=O)CC(C(=O)O)C1c1csc2ccccc12. The molecule has 0 radical (unpaired) electrons. The van der Waals surface area contributed by atoms with Gasteiger partial charge in [-0.2, -0.15) is 0 Å². The number of carboxylic acids is 1. The van der Waals surface area contributed by atoms with E-state index in [1.165, 1.54) is 0 Å². The summed E-state index contributed by atoms with van der Waals surface area (Å²) in [5.41, 5.74) is 0.961. The zero-order valence-electron chi connectivity index (χ0n) is 11.9. The van der Waals surface area contributed by atoms with Crippen molar-refractivity contribution in [2.75, 3.05) is 0 Å². The fourth-order valence-corrected chi connectivity index (χ4v) is 4.17. The summed E-state index contributed by atoms with van der Waals surface area (Å²) in [6.45, 7) is 3.87. The minimum Gasteiger partial charge on any atom is -0.481 e. The maximum atomic E-state index is 12.2. The highest BCUT2D eigenvalue weighted by atomic mass is 32.1. The molecule has 5 heteroatoms. The minimum atomic E-state index is -0.896. The maximum absolute atomic E-state index is 12.2. The second-order valence-electron chi connectivity index (χ2n) is 5.68. The molecule has 0 saturated carbocycles. The summed E-state index contributed by atoms with van der Waals surface area (Å²) in [5, 5.41) is 12.6. The molecule has 3 rings (SSSR count). The Hall–Kier alpha value is -1.88. The molecule has 2 atom stereocenters. The van der Waals surface area contributed by atoms with Crippen molar-refractivity contribution >= 4 is 33.3 Å². The van der Waals surface area contributed by atoms with Gasteiger partial charge >= 0.3 is 5.97 Å². The van der Waals surface area contributed by atoms with Crippen LogP contribution in [-0.4, -0.2) is 27.9 Å². The van der Waals surface area contributed by atoms with Crippen LogP contribution in [0.15, 0.2) is 29.6 Å². The Bertz CT molecular complexity index is 706. The van der Waals surface area contributed by atoms with Crippen molar-refractivity contribution < 1.29 is 14.7 Å². The number of hydrogen-bond acceptors (Lipinski definition) is 3. The second kappa shape index (κ2) is 5.15. The van der Waals surface area contributed by atoms with Gasteiger partial charge in [-0.25, -0.2) is 0 Å². The summed E-state index contributed by atoms with van der Waals surface area (Å²) in [6.07, 6.45) is 0.0857. The Morgan fingerprint density at radius 1 is 1.38 bits per heavy atom. The van der Waals surface area contributed by atoms with Gasteiger partial charge in [-0.15, -0.1) is 11.3 Å². The van der Waals surface area contributed by atoms with Crippen LogP contribution in [0.2, 0.25) is 0 Å². The van der Waals surface area contributed by atoms with Crippen molar-refractivity contribution in [3.63, 3.8) is 0 Å². The van der Waals surface area contributed by atoms with Crippen LogP contribution >= 0.6 is 11.3 Å². The van der Waals surface area contributed by atoms with Crippen LogP contribution in [0.3, 0.4) is 0 Å². The van der Waals surface area contributed by atoms with E-state index in [1.807, 2.05) is 43.5 Å². The third kappa shape index (κ3) is 2.21. The predicted molar refractivity (Wildman–Crippen MR) is 82.3 cm³/mol. The van der Waals surface area contributed by atoms with Crippen LogP contribution in [0.4, 0.5) is 0 Å². The lowest BCUT2D eigenvalue weighted by molar-refractivity contribution is -0.142. The topological polar surface area (TPSA) is 57.6 Å². The van der Waals surface area contributed by atoms with Crippen molar-refractivity contribution in [1.82, 2.24) is 4.90 Å². The molecule has 110 valence electrons. The van der Waals surface area contributed by atoms with Gasteiger partial charge in [-0.1, -0.05) is 18.2 Å². The first-order chi connectivity index (χ1) is 10.0. The van der Waals surface area contributed by atoms with Gasteiger partial charge in [-0.05, 0) is 36.2 Å². The number of carbonyl (C=O) groups is 2. The van der Waals surface area contributed by atoms with Crippen molar-refractivity contribution in [3.8, 4) is 0 Å². The van der Waals surface area contributed by atoms with Crippen molar-refractivity contribution in [3.05, 3.63) is 35.2 Å². The lowest BCUT2D eigenvalue weighted by Gasteiger charge is -2.30. The van der Waals surface area contributed by atoms with E-state index in [0.29, 0.717) is 0 Å². The van der Waals surface area contributed by atoms with Crippen molar-refractivity contribution in [1.29, 1.82) is 0 Å². The highest BCUT2D eigenvalue weighted by Crippen LogP contribution is 2.43. The maximum Gasteiger partial charge on any atom is 0.309 e. The van der Waals surface area contributed by atoms with Crippen molar-refractivity contribution in [2.45, 2.75) is 32.4 Å². The first-order valence-corrected chi connectivity index (χ1v) is 7.88. The van der Waals surface area contributed by atoms with Crippen LogP contribution in [-0.2, 0) is 9.59 Å². The monoisotopic (exact) mass is 303 g/mol. The number of aliphatic carboxylic acids is 1. The van der Waals surface area contributed by atoms with Crippen LogP contribution in [0, 0.1) is 5.92 Å². The van der Waals surface area contributed by atoms with E-state index < -0.39 is 11.9 Å². The number of thiophene rings is 1. The Kier molecular flexibility index (Phi) is 3.45. The van der Waals surface area contributed by atoms with Crippen LogP contribution in [0.25, 0.3) is 10.1 Å². The van der Waals surface area contributed by atoms with Gasteiger partial charge in [0.1, 0.15) is 0 Å². The van der Waals surface area contributed by atoms with Gasteiger partial charge < -0.3 is 10.0 Å². The van der Waals surface area contributed by atoms with Crippen LogP contribution in [0.5, 0.6) is 0 Å². The molecule has 2 unspecified atom stereocenters. The zero-order chi connectivity index (χ0) is 15.1. The molecule has 0 bridgehead atoms. The summed E-state index contributed by atoms with van der Waals surface area (Å²) in [7, 11) is 0. The molecule has 1 aromatic heterocycles. The molecule has 0 aliphatic carbocycles. The predicted octanol–water partition coefficient (Wildman–Crippen LogP) is 3.28. The Morgan fingerprint density at radius 3 is 2.76 bits per heavy atom. The number of hydrogen-bond donors (Lipinski definition) is 1. The standard InChI is InChI=1S/C16H17NO3S/c1-9(2)17-14(18)7-11(16(19)20)15(17)12-8-21-13-6-4-3-5-10(12)13/h3-6,8-9,11,15H,7H2,1-2H3,(H,19,20). The van der Waals surface area contributed by atoms with E-state index in [9.17, 15) is 14.7 Å². The normalized spacial score (nSPS) is 22.4. The van der Waals surface area contributed by atoms with Crippen molar-refractivity contribution in [2.24, 2.45) is 5.92 Å². The molecule has 2 heterocycles. The van der Waals surface area contributed by atoms with Gasteiger partial charge in [0.15, 0.2) is 0 Å². The van der Waals surface area contributed by atoms with Gasteiger partial charge in [0.05, 0.1) is 12.0 Å². The minimum absolute atomic E-state index is 0.00878. The molecular formula is C16H17NO3S. The summed E-state index contributed by atoms with van der Waals surface area (Å²) < 4.78 is 1.12. The number of carboxylic acid groups (broad SMARTS) is 1. The van der Waals surface area contributed by atoms with Crippen LogP contribution < -0.4 is 0 Å². The molecule has 21 heavy (non-hydrogen) atoms. The number of fused-ring (bicyclic) bond motifs is 1. The zero-order valence-corrected chi connectivity index (χ0v) is 12.8. The van der Waals surface area contributed by atoms with E-state index in [-0.39, 0.29) is 24.4 Å². The molecule has 1 aliphatic heterocycles. The first kappa shape index (κ1) is 14.1. The summed E-state index contributed by atoms with van der Waals surface area (Å²) in [4.78, 5) is 25.5. The summed E-state index contributed by atoms with van der Waals surface area (Å²) in [5.74, 6) is -1.64. The molecule has 1 aliphatic rings. The number of carbonyl (C=O) groups excluding carboxylic acids is 1. The van der Waals surface area contributed by atoms with Gasteiger partial charge in [0, 0.05) is 17.2 Å². The average Bonchev–Trinajstić information content (AvgIpc) is 2.99. The molecule has 0 spiro atoms. The molecule has 1 N–H and O–H groups in total. The number of nitrogens with zero attached hydrogens (tertiary/aromatic N) is 1. The average molecular weight is 303 g/mol. The summed E-state index contributed by atoms with van der Waals surface area (Å²) >= 11 is 1.60. The lowest BCUT2D eigenvalue weighted by Crippen LogP contribution is -2.35. The third-order valence-electron chi connectivity index (χ3n) is 4.07. The molecule has 2 aromatic rings. The van der Waals surface area contributed by atoms with E-state index in [0.717, 1.165) is 15.6 Å². The van der Waals surface area contributed by atoms with Crippen LogP contribution in [0.1, 0.15) is 31.9 Å². The Balaban J connectivity index is 2.15. The van der Waals surface area contributed by atoms with Gasteiger partial charge in [-0.3, -0.25) is 9.59 Å². The van der Waals surface area contributed by atoms with Gasteiger partial charge in [0.2, 0.25) is 5.91 Å². The highest BCUT2D eigenvalue weighted by molar-refractivity contribution is 7.17. The van der Waals surface area contributed by atoms with Gasteiger partial charge in [0.25, 0.3) is 0 Å². The fraction of sp³-hybridized carbons (Fsp3) is 0.375. The molecular weight excluding hydrogens is 286 g/mol. The summed E-state index contributed by atoms with van der Waals surface area (Å²) in [6, 6.07) is 7.57. The number of rotatable bonds is 3. The van der Waals surface area contributed by atoms with E-state index >= 15 is 0 Å².